The van der Waals surface area contributed by atoms with Crippen molar-refractivity contribution in [3.05, 3.63) is 27.2 Å². The molecule has 1 aromatic rings. The lowest BCUT2D eigenvalue weighted by Gasteiger charge is -2.13. The van der Waals surface area contributed by atoms with Crippen LogP contribution < -0.4 is 11.1 Å². The second-order valence-corrected chi connectivity index (χ2v) is 6.10. The molecule has 2 rings (SSSR count). The zero-order valence-electron chi connectivity index (χ0n) is 10.2. The predicted molar refractivity (Wildman–Crippen MR) is 77.8 cm³/mol. The minimum Gasteiger partial charge on any atom is -0.328 e. The van der Waals surface area contributed by atoms with E-state index in [0.29, 0.717) is 5.02 Å². The van der Waals surface area contributed by atoms with Gasteiger partial charge in [-0.1, -0.05) is 11.6 Å². The van der Waals surface area contributed by atoms with E-state index in [2.05, 4.69) is 21.2 Å². The molecular formula is C13H16BrClN2O. The largest absolute Gasteiger partial charge is 0.328 e. The summed E-state index contributed by atoms with van der Waals surface area (Å²) in [6.07, 6.45) is 2.56. The smallest absolute Gasteiger partial charge is 0.227 e. The van der Waals surface area contributed by atoms with Gasteiger partial charge in [0.2, 0.25) is 5.91 Å². The highest BCUT2D eigenvalue weighted by Crippen LogP contribution is 2.31. The average molecular weight is 332 g/mol. The van der Waals surface area contributed by atoms with Crippen LogP contribution in [0.1, 0.15) is 24.8 Å². The number of halogens is 2. The number of anilines is 1. The van der Waals surface area contributed by atoms with E-state index in [1.807, 2.05) is 13.0 Å². The molecule has 98 valence electrons. The van der Waals surface area contributed by atoms with Crippen LogP contribution >= 0.6 is 27.5 Å². The summed E-state index contributed by atoms with van der Waals surface area (Å²) in [5.74, 6) is 0.0514. The molecule has 1 fully saturated rings. The maximum absolute atomic E-state index is 12.1. The van der Waals surface area contributed by atoms with Crippen LogP contribution in [0.4, 0.5) is 5.69 Å². The van der Waals surface area contributed by atoms with Gasteiger partial charge in [-0.05, 0) is 59.8 Å². The molecule has 0 aromatic heterocycles. The summed E-state index contributed by atoms with van der Waals surface area (Å²) in [5.41, 5.74) is 7.51. The van der Waals surface area contributed by atoms with Crippen LogP contribution in [0, 0.1) is 12.8 Å². The molecule has 0 radical (unpaired) electrons. The van der Waals surface area contributed by atoms with Gasteiger partial charge in [0.15, 0.2) is 0 Å². The molecule has 1 aromatic carbocycles. The van der Waals surface area contributed by atoms with E-state index in [-0.39, 0.29) is 17.9 Å². The first kappa shape index (κ1) is 13.8. The maximum atomic E-state index is 12.1. The molecule has 1 amide bonds. The standard InChI is InChI=1S/C13H16BrClN2O/c1-7-4-10(14)12(6-11(7)15)17-13(18)8-2-3-9(16)5-8/h4,6,8-9H,2-3,5,16H2,1H3,(H,17,18). The molecule has 0 spiro atoms. The Morgan fingerprint density at radius 2 is 2.22 bits per heavy atom. The highest BCUT2D eigenvalue weighted by Gasteiger charge is 2.28. The summed E-state index contributed by atoms with van der Waals surface area (Å²) >= 11 is 9.49. The molecule has 1 aliphatic rings. The molecular weight excluding hydrogens is 316 g/mol. The third-order valence-corrected chi connectivity index (χ3v) is 4.41. The van der Waals surface area contributed by atoms with Crippen LogP contribution in [0.15, 0.2) is 16.6 Å². The number of carbonyl (C=O) groups is 1. The fourth-order valence-corrected chi connectivity index (χ4v) is 2.95. The van der Waals surface area contributed by atoms with Gasteiger partial charge in [0.05, 0.1) is 5.69 Å². The number of hydrogen-bond donors (Lipinski definition) is 2. The normalized spacial score (nSPS) is 23.1. The minimum absolute atomic E-state index is 0.0204. The van der Waals surface area contributed by atoms with Crippen molar-refractivity contribution in [3.63, 3.8) is 0 Å². The number of benzene rings is 1. The molecule has 0 bridgehead atoms. The van der Waals surface area contributed by atoms with Gasteiger partial charge in [-0.3, -0.25) is 4.79 Å². The summed E-state index contributed by atoms with van der Waals surface area (Å²) in [6, 6.07) is 3.83. The minimum atomic E-state index is 0.0204. The van der Waals surface area contributed by atoms with Crippen molar-refractivity contribution in [1.82, 2.24) is 0 Å². The van der Waals surface area contributed by atoms with Crippen molar-refractivity contribution >= 4 is 39.1 Å². The summed E-state index contributed by atoms with van der Waals surface area (Å²) in [7, 11) is 0. The van der Waals surface area contributed by atoms with E-state index in [4.69, 9.17) is 17.3 Å². The maximum Gasteiger partial charge on any atom is 0.227 e. The number of hydrogen-bond acceptors (Lipinski definition) is 2. The molecule has 0 aliphatic heterocycles. The quantitative estimate of drug-likeness (QED) is 0.871. The molecule has 3 N–H and O–H groups in total. The fraction of sp³-hybridized carbons (Fsp3) is 0.462. The Kier molecular flexibility index (Phi) is 4.30. The van der Waals surface area contributed by atoms with E-state index in [9.17, 15) is 4.79 Å². The number of carbonyl (C=O) groups excluding carboxylic acids is 1. The Balaban J connectivity index is 2.09. The first-order valence-corrected chi connectivity index (χ1v) is 7.16. The Hall–Kier alpha value is -0.580. The number of amides is 1. The molecule has 3 nitrogen and oxygen atoms in total. The van der Waals surface area contributed by atoms with Crippen LogP contribution in [0.3, 0.4) is 0 Å². The zero-order chi connectivity index (χ0) is 13.3. The number of nitrogens with one attached hydrogen (secondary N) is 1. The van der Waals surface area contributed by atoms with Crippen LogP contribution in [0.5, 0.6) is 0 Å². The average Bonchev–Trinajstić information content (AvgIpc) is 2.73. The van der Waals surface area contributed by atoms with E-state index >= 15 is 0 Å². The predicted octanol–water partition coefficient (Wildman–Crippen LogP) is 3.48. The lowest BCUT2D eigenvalue weighted by Crippen LogP contribution is -2.23. The van der Waals surface area contributed by atoms with Crippen molar-refractivity contribution < 1.29 is 4.79 Å². The van der Waals surface area contributed by atoms with Gasteiger partial charge in [-0.2, -0.15) is 0 Å². The lowest BCUT2D eigenvalue weighted by atomic mass is 10.1. The third-order valence-electron chi connectivity index (χ3n) is 3.35. The van der Waals surface area contributed by atoms with Gasteiger partial charge < -0.3 is 11.1 Å². The van der Waals surface area contributed by atoms with E-state index < -0.39 is 0 Å². The van der Waals surface area contributed by atoms with E-state index in [1.54, 1.807) is 6.07 Å². The molecule has 1 saturated carbocycles. The lowest BCUT2D eigenvalue weighted by molar-refractivity contribution is -0.119. The van der Waals surface area contributed by atoms with Crippen molar-refractivity contribution in [1.29, 1.82) is 0 Å². The van der Waals surface area contributed by atoms with Crippen molar-refractivity contribution in [3.8, 4) is 0 Å². The summed E-state index contributed by atoms with van der Waals surface area (Å²) < 4.78 is 0.847. The van der Waals surface area contributed by atoms with Gasteiger partial charge in [-0.15, -0.1) is 0 Å². The highest BCUT2D eigenvalue weighted by atomic mass is 79.9. The zero-order valence-corrected chi connectivity index (χ0v) is 12.5. The van der Waals surface area contributed by atoms with Crippen LogP contribution in [-0.2, 0) is 4.79 Å². The molecule has 1 aliphatic carbocycles. The molecule has 0 heterocycles. The summed E-state index contributed by atoms with van der Waals surface area (Å²) in [6.45, 7) is 1.93. The Morgan fingerprint density at radius 1 is 1.50 bits per heavy atom. The third kappa shape index (κ3) is 3.05. The van der Waals surface area contributed by atoms with E-state index in [0.717, 1.165) is 35.0 Å². The topological polar surface area (TPSA) is 55.1 Å². The molecule has 5 heteroatoms. The van der Waals surface area contributed by atoms with Gasteiger partial charge in [0.25, 0.3) is 0 Å². The molecule has 2 unspecified atom stereocenters. The van der Waals surface area contributed by atoms with Crippen LogP contribution in [-0.4, -0.2) is 11.9 Å². The highest BCUT2D eigenvalue weighted by molar-refractivity contribution is 9.10. The van der Waals surface area contributed by atoms with Crippen LogP contribution in [0.25, 0.3) is 0 Å². The summed E-state index contributed by atoms with van der Waals surface area (Å²) in [4.78, 5) is 12.1. The number of aryl methyl sites for hydroxylation is 1. The number of rotatable bonds is 2. The second-order valence-electron chi connectivity index (χ2n) is 4.84. The molecule has 2 atom stereocenters. The van der Waals surface area contributed by atoms with Gasteiger partial charge in [0, 0.05) is 21.5 Å². The van der Waals surface area contributed by atoms with Crippen LogP contribution in [0.2, 0.25) is 5.02 Å². The van der Waals surface area contributed by atoms with E-state index in [1.165, 1.54) is 0 Å². The Labute approximate surface area is 120 Å². The van der Waals surface area contributed by atoms with Gasteiger partial charge >= 0.3 is 0 Å². The summed E-state index contributed by atoms with van der Waals surface area (Å²) in [5, 5.41) is 3.56. The Morgan fingerprint density at radius 3 is 2.83 bits per heavy atom. The fourth-order valence-electron chi connectivity index (χ4n) is 2.23. The van der Waals surface area contributed by atoms with Gasteiger partial charge in [-0.25, -0.2) is 0 Å². The first-order valence-electron chi connectivity index (χ1n) is 5.99. The number of nitrogens with two attached hydrogens (primary N) is 1. The second kappa shape index (κ2) is 5.59. The van der Waals surface area contributed by atoms with Crippen molar-refractivity contribution in [2.45, 2.75) is 32.2 Å². The first-order chi connectivity index (χ1) is 8.47. The molecule has 18 heavy (non-hydrogen) atoms. The SMILES string of the molecule is Cc1cc(Br)c(NC(=O)C2CCC(N)C2)cc1Cl. The van der Waals surface area contributed by atoms with Crippen molar-refractivity contribution in [2.75, 3.05) is 5.32 Å². The monoisotopic (exact) mass is 330 g/mol. The molecule has 0 saturated heterocycles. The van der Waals surface area contributed by atoms with Gasteiger partial charge in [0.1, 0.15) is 0 Å². The van der Waals surface area contributed by atoms with Crippen molar-refractivity contribution in [2.24, 2.45) is 11.7 Å². The Bertz CT molecular complexity index is 478.